The number of carbonyl (C=O) groups excluding carboxylic acids is 1. The van der Waals surface area contributed by atoms with Crippen LogP contribution in [0.3, 0.4) is 0 Å². The number of halogens is 3. The molecule has 2 aromatic carbocycles. The summed E-state index contributed by atoms with van der Waals surface area (Å²) in [7, 11) is 1.88. The summed E-state index contributed by atoms with van der Waals surface area (Å²) in [6, 6.07) is 12.0. The molecule has 7 heteroatoms. The zero-order valence-corrected chi connectivity index (χ0v) is 15.1. The second kappa shape index (κ2) is 8.36. The number of anilines is 1. The fraction of sp³-hybridized carbons (Fsp3) is 0.176. The van der Waals surface area contributed by atoms with Crippen molar-refractivity contribution in [1.82, 2.24) is 0 Å². The maximum absolute atomic E-state index is 12.2. The maximum Gasteiger partial charge on any atom is 0.279 e. The molecule has 0 saturated carbocycles. The Bertz CT molecular complexity index is 802. The van der Waals surface area contributed by atoms with Crippen molar-refractivity contribution in [3.63, 3.8) is 0 Å². The molecule has 0 spiro atoms. The van der Waals surface area contributed by atoms with Crippen molar-refractivity contribution in [1.29, 1.82) is 5.26 Å². The van der Waals surface area contributed by atoms with E-state index in [-0.39, 0.29) is 12.5 Å². The molecule has 0 heterocycles. The van der Waals surface area contributed by atoms with E-state index in [0.717, 1.165) is 10.5 Å². The third kappa shape index (κ3) is 5.12. The van der Waals surface area contributed by atoms with Crippen molar-refractivity contribution in [3.8, 4) is 6.07 Å². The van der Waals surface area contributed by atoms with Crippen LogP contribution in [0.15, 0.2) is 36.4 Å². The number of hydrogen-bond donors (Lipinski definition) is 2. The van der Waals surface area contributed by atoms with Gasteiger partial charge in [0.1, 0.15) is 12.6 Å². The van der Waals surface area contributed by atoms with Crippen LogP contribution in [-0.2, 0) is 11.3 Å². The molecule has 0 aromatic heterocycles. The van der Waals surface area contributed by atoms with E-state index in [9.17, 15) is 4.79 Å². The Morgan fingerprint density at radius 3 is 2.50 bits per heavy atom. The van der Waals surface area contributed by atoms with Gasteiger partial charge in [-0.15, -0.1) is 0 Å². The number of benzene rings is 2. The summed E-state index contributed by atoms with van der Waals surface area (Å²) in [5.41, 5.74) is 1.69. The third-order valence-electron chi connectivity index (χ3n) is 3.35. The molecule has 2 N–H and O–H groups in total. The minimum atomic E-state index is -0.212. The summed E-state index contributed by atoms with van der Waals surface area (Å²) in [5.74, 6) is -0.212. The molecule has 0 aliphatic heterocycles. The average Bonchev–Trinajstić information content (AvgIpc) is 2.50. The first-order chi connectivity index (χ1) is 11.4. The second-order valence-corrected chi connectivity index (χ2v) is 6.68. The molecule has 0 saturated heterocycles. The number of rotatable bonds is 5. The maximum atomic E-state index is 12.2. The lowest BCUT2D eigenvalue weighted by atomic mass is 10.2. The molecule has 0 fully saturated rings. The van der Waals surface area contributed by atoms with Crippen LogP contribution in [-0.4, -0.2) is 19.5 Å². The number of quaternary nitrogens is 1. The Labute approximate surface area is 155 Å². The monoisotopic (exact) mass is 382 g/mol. The van der Waals surface area contributed by atoms with Gasteiger partial charge in [0, 0.05) is 15.6 Å². The Kier molecular flexibility index (Phi) is 6.47. The molecule has 2 aromatic rings. The van der Waals surface area contributed by atoms with E-state index < -0.39 is 0 Å². The lowest BCUT2D eigenvalue weighted by Crippen LogP contribution is -3.08. The number of hydrogen-bond acceptors (Lipinski definition) is 2. The van der Waals surface area contributed by atoms with E-state index in [4.69, 9.17) is 40.1 Å². The number of likely N-dealkylation sites (N-methyl/N-ethyl adjacent to an activating group) is 1. The first-order valence-electron chi connectivity index (χ1n) is 7.13. The first-order valence-corrected chi connectivity index (χ1v) is 8.27. The zero-order chi connectivity index (χ0) is 17.7. The lowest BCUT2D eigenvalue weighted by Gasteiger charge is -2.15. The topological polar surface area (TPSA) is 57.3 Å². The molecular weight excluding hydrogens is 369 g/mol. The Balaban J connectivity index is 1.99. The molecule has 2 rings (SSSR count). The molecule has 124 valence electrons. The minimum absolute atomic E-state index is 0.212. The molecule has 0 radical (unpaired) electrons. The van der Waals surface area contributed by atoms with E-state index in [2.05, 4.69) is 5.32 Å². The Morgan fingerprint density at radius 1 is 1.17 bits per heavy atom. The summed E-state index contributed by atoms with van der Waals surface area (Å²) >= 11 is 17.9. The van der Waals surface area contributed by atoms with E-state index in [1.807, 2.05) is 19.2 Å². The molecule has 0 aliphatic rings. The second-order valence-electron chi connectivity index (χ2n) is 5.40. The third-order valence-corrected chi connectivity index (χ3v) is 4.17. The average molecular weight is 384 g/mol. The van der Waals surface area contributed by atoms with Crippen LogP contribution in [0, 0.1) is 11.3 Å². The smallest absolute Gasteiger partial charge is 0.279 e. The van der Waals surface area contributed by atoms with Crippen molar-refractivity contribution < 1.29 is 9.69 Å². The van der Waals surface area contributed by atoms with Crippen molar-refractivity contribution in [2.24, 2.45) is 0 Å². The van der Waals surface area contributed by atoms with Crippen LogP contribution < -0.4 is 10.2 Å². The van der Waals surface area contributed by atoms with Gasteiger partial charge in [0.05, 0.1) is 23.3 Å². The van der Waals surface area contributed by atoms with E-state index in [0.29, 0.717) is 32.9 Å². The van der Waals surface area contributed by atoms with Gasteiger partial charge in [-0.2, -0.15) is 5.26 Å². The molecule has 1 atom stereocenters. The predicted octanol–water partition coefficient (Wildman–Crippen LogP) is 3.17. The highest BCUT2D eigenvalue weighted by atomic mass is 35.5. The van der Waals surface area contributed by atoms with Gasteiger partial charge in [-0.05, 0) is 30.3 Å². The summed E-state index contributed by atoms with van der Waals surface area (Å²) in [6.45, 7) is 0.792. The van der Waals surface area contributed by atoms with Gasteiger partial charge in [-0.1, -0.05) is 40.9 Å². The standard InChI is InChI=1S/C17H14Cl3N3O/c1-23(9-12-3-5-13(18)6-15(12)20)10-17(24)22-16-7-14(19)4-2-11(16)8-21/h2-7H,9-10H2,1H3,(H,22,24)/p+1. The van der Waals surface area contributed by atoms with Crippen LogP contribution in [0.25, 0.3) is 0 Å². The van der Waals surface area contributed by atoms with Gasteiger partial charge in [0.2, 0.25) is 0 Å². The molecule has 0 aliphatic carbocycles. The van der Waals surface area contributed by atoms with Gasteiger partial charge in [0.15, 0.2) is 6.54 Å². The highest BCUT2D eigenvalue weighted by Gasteiger charge is 2.14. The normalized spacial score (nSPS) is 11.6. The van der Waals surface area contributed by atoms with Gasteiger partial charge < -0.3 is 10.2 Å². The van der Waals surface area contributed by atoms with Crippen molar-refractivity contribution in [2.45, 2.75) is 6.54 Å². The number of nitrogens with one attached hydrogen (secondary N) is 2. The van der Waals surface area contributed by atoms with Crippen LogP contribution >= 0.6 is 34.8 Å². The highest BCUT2D eigenvalue weighted by Crippen LogP contribution is 2.21. The first kappa shape index (κ1) is 18.6. The molecule has 24 heavy (non-hydrogen) atoms. The summed E-state index contributed by atoms with van der Waals surface area (Å²) in [6.07, 6.45) is 0. The zero-order valence-electron chi connectivity index (χ0n) is 12.9. The van der Waals surface area contributed by atoms with Crippen LogP contribution in [0.4, 0.5) is 5.69 Å². The summed E-state index contributed by atoms with van der Waals surface area (Å²) in [5, 5.41) is 13.4. The summed E-state index contributed by atoms with van der Waals surface area (Å²) in [4.78, 5) is 13.1. The van der Waals surface area contributed by atoms with Gasteiger partial charge in [-0.3, -0.25) is 4.79 Å². The minimum Gasteiger partial charge on any atom is -0.326 e. The number of nitrogens with zero attached hydrogens (tertiary/aromatic N) is 1. The molecule has 4 nitrogen and oxygen atoms in total. The Morgan fingerprint density at radius 2 is 1.83 bits per heavy atom. The fourth-order valence-corrected chi connectivity index (χ4v) is 2.89. The quantitative estimate of drug-likeness (QED) is 0.833. The summed E-state index contributed by atoms with van der Waals surface area (Å²) < 4.78 is 0. The largest absolute Gasteiger partial charge is 0.326 e. The van der Waals surface area contributed by atoms with Crippen LogP contribution in [0.2, 0.25) is 15.1 Å². The van der Waals surface area contributed by atoms with Crippen molar-refractivity contribution in [3.05, 3.63) is 62.6 Å². The molecule has 0 bridgehead atoms. The number of carbonyl (C=O) groups is 1. The van der Waals surface area contributed by atoms with E-state index in [1.54, 1.807) is 30.3 Å². The Hall–Kier alpha value is -1.77. The van der Waals surface area contributed by atoms with Crippen LogP contribution in [0.1, 0.15) is 11.1 Å². The van der Waals surface area contributed by atoms with Gasteiger partial charge in [0.25, 0.3) is 5.91 Å². The molecule has 1 amide bonds. The lowest BCUT2D eigenvalue weighted by molar-refractivity contribution is -0.885. The number of nitriles is 1. The highest BCUT2D eigenvalue weighted by molar-refractivity contribution is 6.35. The fourth-order valence-electron chi connectivity index (χ4n) is 2.24. The van der Waals surface area contributed by atoms with E-state index in [1.165, 1.54) is 0 Å². The van der Waals surface area contributed by atoms with Gasteiger partial charge in [-0.25, -0.2) is 0 Å². The molecule has 1 unspecified atom stereocenters. The predicted molar refractivity (Wildman–Crippen MR) is 96.7 cm³/mol. The van der Waals surface area contributed by atoms with Gasteiger partial charge >= 0.3 is 0 Å². The molecular formula is C17H15Cl3N3O+. The number of amides is 1. The van der Waals surface area contributed by atoms with Crippen molar-refractivity contribution in [2.75, 3.05) is 18.9 Å². The van der Waals surface area contributed by atoms with Crippen molar-refractivity contribution >= 4 is 46.4 Å². The SMILES string of the molecule is C[NH+](CC(=O)Nc1cc(Cl)ccc1C#N)Cc1ccc(Cl)cc1Cl. The van der Waals surface area contributed by atoms with E-state index >= 15 is 0 Å². The van der Waals surface area contributed by atoms with Crippen LogP contribution in [0.5, 0.6) is 0 Å².